The van der Waals surface area contributed by atoms with E-state index in [1.54, 1.807) is 20.8 Å². The summed E-state index contributed by atoms with van der Waals surface area (Å²) in [4.78, 5) is 47.0. The molecule has 174 valence electrons. The molecule has 0 unspecified atom stereocenters. The van der Waals surface area contributed by atoms with Gasteiger partial charge in [0, 0.05) is 65.6 Å². The second-order valence-corrected chi connectivity index (χ2v) is 9.57. The Morgan fingerprint density at radius 1 is 0.472 bits per heavy atom. The quantitative estimate of drug-likeness (QED) is 0.238. The maximum Gasteiger partial charge on any atom is 0.159 e. The van der Waals surface area contributed by atoms with Crippen molar-refractivity contribution in [3.63, 3.8) is 0 Å². The van der Waals surface area contributed by atoms with Gasteiger partial charge in [-0.05, 0) is 39.0 Å². The van der Waals surface area contributed by atoms with Crippen LogP contribution in [0.1, 0.15) is 51.8 Å². The number of Topliss-reactive ketones (excluding diaryl/α,β-unsaturated/α-hetero) is 3. The molecule has 6 heteroatoms. The lowest BCUT2D eigenvalue weighted by Crippen LogP contribution is -1.90. The maximum atomic E-state index is 12.1. The van der Waals surface area contributed by atoms with Crippen LogP contribution in [0, 0.1) is 0 Å². The minimum absolute atomic E-state index is 0.00981. The van der Waals surface area contributed by atoms with Crippen molar-refractivity contribution < 1.29 is 14.4 Å². The molecule has 0 fully saturated rings. The summed E-state index contributed by atoms with van der Waals surface area (Å²) >= 11 is 0. The van der Waals surface area contributed by atoms with Crippen LogP contribution < -0.4 is 0 Å². The molecule has 4 aromatic carbocycles. The summed E-state index contributed by atoms with van der Waals surface area (Å²) < 4.78 is 0. The van der Waals surface area contributed by atoms with Crippen LogP contribution in [0.25, 0.3) is 65.4 Å². The molecule has 0 radical (unpaired) electrons. The minimum atomic E-state index is 0.00981. The van der Waals surface area contributed by atoms with E-state index < -0.39 is 0 Å². The Bertz CT molecular complexity index is 2140. The third-order valence-corrected chi connectivity index (χ3v) is 7.37. The second-order valence-electron chi connectivity index (χ2n) is 9.57. The number of aromatic amines is 3. The number of hydrogen-bond donors (Lipinski definition) is 3. The molecule has 0 spiro atoms. The molecule has 0 aliphatic heterocycles. The molecule has 0 bridgehead atoms. The van der Waals surface area contributed by atoms with E-state index in [9.17, 15) is 14.4 Å². The van der Waals surface area contributed by atoms with Crippen molar-refractivity contribution in [2.75, 3.05) is 0 Å². The van der Waals surface area contributed by atoms with Crippen molar-refractivity contribution in [3.05, 3.63) is 71.3 Å². The van der Waals surface area contributed by atoms with E-state index in [-0.39, 0.29) is 17.3 Å². The minimum Gasteiger partial charge on any atom is -0.354 e. The van der Waals surface area contributed by atoms with Crippen LogP contribution in [-0.4, -0.2) is 32.3 Å². The van der Waals surface area contributed by atoms with Crippen LogP contribution in [0.2, 0.25) is 0 Å². The number of benzene rings is 4. The van der Waals surface area contributed by atoms with Gasteiger partial charge in [-0.2, -0.15) is 0 Å². The molecule has 7 rings (SSSR count). The number of carbonyl (C=O) groups excluding carboxylic acids is 3. The lowest BCUT2D eigenvalue weighted by Gasteiger charge is -2.01. The number of H-pyrrole nitrogens is 3. The van der Waals surface area contributed by atoms with Gasteiger partial charge in [0.25, 0.3) is 0 Å². The summed E-state index contributed by atoms with van der Waals surface area (Å²) in [5.74, 6) is 0.0336. The van der Waals surface area contributed by atoms with Crippen molar-refractivity contribution in [1.29, 1.82) is 0 Å². The first-order chi connectivity index (χ1) is 17.3. The molecule has 0 atom stereocenters. The second kappa shape index (κ2) is 6.92. The van der Waals surface area contributed by atoms with Crippen molar-refractivity contribution in [2.24, 2.45) is 0 Å². The van der Waals surface area contributed by atoms with E-state index >= 15 is 0 Å². The summed E-state index contributed by atoms with van der Waals surface area (Å²) in [5.41, 5.74) is 7.40. The zero-order valence-corrected chi connectivity index (χ0v) is 19.9. The topological polar surface area (TPSA) is 98.6 Å². The monoisotopic (exact) mass is 471 g/mol. The van der Waals surface area contributed by atoms with E-state index in [1.165, 1.54) is 0 Å². The van der Waals surface area contributed by atoms with Crippen molar-refractivity contribution in [1.82, 2.24) is 15.0 Å². The Hall–Kier alpha value is -4.71. The highest BCUT2D eigenvalue weighted by molar-refractivity contribution is 6.39. The average molecular weight is 472 g/mol. The van der Waals surface area contributed by atoms with E-state index in [0.717, 1.165) is 65.4 Å². The Morgan fingerprint density at radius 3 is 1.22 bits per heavy atom. The number of hydrogen-bond acceptors (Lipinski definition) is 3. The predicted octanol–water partition coefficient (Wildman–Crippen LogP) is 7.20. The molecule has 0 aliphatic carbocycles. The van der Waals surface area contributed by atoms with Gasteiger partial charge in [0.05, 0.1) is 16.6 Å². The SMILES string of the molecule is CC(=O)c1ccc2c(c1)[nH]c1c3[nH]c4cc(C(C)=O)ccc4c3c3c4ccc(C(C)=O)cc4[nH]c3c21. The highest BCUT2D eigenvalue weighted by atomic mass is 16.1. The molecular weight excluding hydrogens is 450 g/mol. The lowest BCUT2D eigenvalue weighted by molar-refractivity contribution is 0.100. The first kappa shape index (κ1) is 20.6. The normalized spacial score (nSPS) is 12.1. The molecular formula is C30H21N3O3. The zero-order valence-electron chi connectivity index (χ0n) is 19.9. The maximum absolute atomic E-state index is 12.1. The lowest BCUT2D eigenvalue weighted by atomic mass is 9.99. The first-order valence-electron chi connectivity index (χ1n) is 11.8. The molecule has 7 aromatic rings. The zero-order chi connectivity index (χ0) is 24.9. The van der Waals surface area contributed by atoms with Gasteiger partial charge in [0.1, 0.15) is 0 Å². The van der Waals surface area contributed by atoms with Gasteiger partial charge in [-0.3, -0.25) is 14.4 Å². The van der Waals surface area contributed by atoms with E-state index in [4.69, 9.17) is 0 Å². The molecule has 3 heterocycles. The fourth-order valence-electron chi connectivity index (χ4n) is 5.59. The number of aromatic nitrogens is 3. The average Bonchev–Trinajstić information content (AvgIpc) is 3.53. The van der Waals surface area contributed by atoms with E-state index in [0.29, 0.717) is 16.7 Å². The summed E-state index contributed by atoms with van der Waals surface area (Å²) in [7, 11) is 0. The van der Waals surface area contributed by atoms with Gasteiger partial charge in [0.15, 0.2) is 17.3 Å². The van der Waals surface area contributed by atoms with Crippen LogP contribution in [-0.2, 0) is 0 Å². The van der Waals surface area contributed by atoms with Crippen LogP contribution in [0.4, 0.5) is 0 Å². The molecule has 6 nitrogen and oxygen atoms in total. The Kier molecular flexibility index (Phi) is 3.97. The molecule has 0 saturated heterocycles. The van der Waals surface area contributed by atoms with Gasteiger partial charge in [-0.15, -0.1) is 0 Å². The smallest absolute Gasteiger partial charge is 0.159 e. The number of carbonyl (C=O) groups is 3. The summed E-state index contributed by atoms with van der Waals surface area (Å²) in [5, 5.41) is 6.16. The standard InChI is InChI=1S/C30H21N3O3/c1-13(34)16-4-7-19-22(10-16)31-28-25(19)26-20-8-5-17(14(2)35)11-23(20)32-29(26)30-27(28)21-9-6-18(15(3)36)12-24(21)33-30/h4-12,31-33H,1-3H3. The van der Waals surface area contributed by atoms with Crippen LogP contribution in [0.15, 0.2) is 54.6 Å². The molecule has 0 amide bonds. The number of rotatable bonds is 3. The van der Waals surface area contributed by atoms with E-state index in [2.05, 4.69) is 15.0 Å². The van der Waals surface area contributed by atoms with Crippen molar-refractivity contribution >= 4 is 82.8 Å². The Morgan fingerprint density at radius 2 is 0.806 bits per heavy atom. The van der Waals surface area contributed by atoms with Crippen molar-refractivity contribution in [2.45, 2.75) is 20.8 Å². The van der Waals surface area contributed by atoms with Crippen molar-refractivity contribution in [3.8, 4) is 0 Å². The third kappa shape index (κ3) is 2.64. The first-order valence-corrected chi connectivity index (χ1v) is 11.8. The van der Waals surface area contributed by atoms with Crippen LogP contribution in [0.3, 0.4) is 0 Å². The fourth-order valence-corrected chi connectivity index (χ4v) is 5.59. The van der Waals surface area contributed by atoms with Gasteiger partial charge >= 0.3 is 0 Å². The van der Waals surface area contributed by atoms with Gasteiger partial charge in [0.2, 0.25) is 0 Å². The molecule has 0 saturated carbocycles. The molecule has 3 aromatic heterocycles. The summed E-state index contributed by atoms with van der Waals surface area (Å²) in [6.07, 6.45) is 0. The number of fused-ring (bicyclic) bond motifs is 12. The predicted molar refractivity (Wildman–Crippen MR) is 145 cm³/mol. The van der Waals surface area contributed by atoms with Crippen LogP contribution >= 0.6 is 0 Å². The Labute approximate surface area is 204 Å². The van der Waals surface area contributed by atoms with Gasteiger partial charge in [-0.25, -0.2) is 0 Å². The van der Waals surface area contributed by atoms with Gasteiger partial charge in [-0.1, -0.05) is 36.4 Å². The van der Waals surface area contributed by atoms with Crippen LogP contribution in [0.5, 0.6) is 0 Å². The number of ketones is 3. The Balaban J connectivity index is 1.75. The van der Waals surface area contributed by atoms with Gasteiger partial charge < -0.3 is 15.0 Å². The molecule has 3 N–H and O–H groups in total. The summed E-state index contributed by atoms with van der Waals surface area (Å²) in [6, 6.07) is 17.3. The summed E-state index contributed by atoms with van der Waals surface area (Å²) in [6.45, 7) is 4.70. The molecule has 0 aliphatic rings. The molecule has 36 heavy (non-hydrogen) atoms. The fraction of sp³-hybridized carbons (Fsp3) is 0.100. The van der Waals surface area contributed by atoms with E-state index in [1.807, 2.05) is 54.6 Å². The number of nitrogens with one attached hydrogen (secondary N) is 3. The highest BCUT2D eigenvalue weighted by Crippen LogP contribution is 2.44. The largest absolute Gasteiger partial charge is 0.354 e. The third-order valence-electron chi connectivity index (χ3n) is 7.37. The highest BCUT2D eigenvalue weighted by Gasteiger charge is 2.22.